The summed E-state index contributed by atoms with van der Waals surface area (Å²) in [6.45, 7) is 15.1. The number of nitriles is 1. The molecule has 5 heterocycles. The normalized spacial score (nSPS) is 17.5. The maximum atomic E-state index is 14.5. The van der Waals surface area contributed by atoms with Crippen LogP contribution in [0.4, 0.5) is 10.2 Å². The molecule has 3 N–H and O–H groups in total. The lowest BCUT2D eigenvalue weighted by molar-refractivity contribution is -0.136. The van der Waals surface area contributed by atoms with E-state index in [0.29, 0.717) is 76.8 Å². The van der Waals surface area contributed by atoms with Gasteiger partial charge in [0.15, 0.2) is 17.3 Å². The summed E-state index contributed by atoms with van der Waals surface area (Å²) >= 11 is 6.26. The average Bonchev–Trinajstić information content (AvgIpc) is 3.93. The van der Waals surface area contributed by atoms with Crippen LogP contribution < -0.4 is 25.3 Å². The summed E-state index contributed by atoms with van der Waals surface area (Å²) in [5.41, 5.74) is 10.0. The first-order valence-corrected chi connectivity index (χ1v) is 25.5. The number of hydrogen-bond donors (Lipinski definition) is 2. The van der Waals surface area contributed by atoms with Crippen LogP contribution in [0, 0.1) is 17.1 Å². The van der Waals surface area contributed by atoms with Crippen molar-refractivity contribution in [2.45, 2.75) is 71.5 Å². The molecule has 3 aliphatic rings. The Morgan fingerprint density at radius 2 is 1.75 bits per heavy atom. The van der Waals surface area contributed by atoms with E-state index in [0.717, 1.165) is 11.1 Å². The second-order valence-corrected chi connectivity index (χ2v) is 19.3. The van der Waals surface area contributed by atoms with Crippen molar-refractivity contribution in [3.8, 4) is 34.4 Å². The van der Waals surface area contributed by atoms with E-state index in [-0.39, 0.29) is 105 Å². The number of fused-ring (bicyclic) bond motifs is 5. The molecule has 2 bridgehead atoms. The third-order valence-electron chi connectivity index (χ3n) is 13.4. The summed E-state index contributed by atoms with van der Waals surface area (Å²) in [4.78, 5) is 57.2. The van der Waals surface area contributed by atoms with E-state index in [1.165, 1.54) is 29.3 Å². The van der Waals surface area contributed by atoms with Gasteiger partial charge in [-0.1, -0.05) is 30.3 Å². The lowest BCUT2D eigenvalue weighted by Gasteiger charge is -2.41. The largest absolute Gasteiger partial charge is 0.497 e. The first-order valence-electron chi connectivity index (χ1n) is 25.1. The molecule has 1 saturated heterocycles. The van der Waals surface area contributed by atoms with Crippen LogP contribution in [-0.4, -0.2) is 143 Å². The van der Waals surface area contributed by atoms with Crippen molar-refractivity contribution in [2.24, 2.45) is 4.99 Å². The number of nitrogen functional groups attached to an aromatic ring is 1. The van der Waals surface area contributed by atoms with E-state index in [2.05, 4.69) is 39.9 Å². The van der Waals surface area contributed by atoms with E-state index >= 15 is 0 Å². The smallest absolute Gasteiger partial charge is 0.254 e. The topological polar surface area (TPSA) is 215 Å². The molecule has 0 spiro atoms. The van der Waals surface area contributed by atoms with E-state index in [4.69, 9.17) is 46.0 Å². The van der Waals surface area contributed by atoms with Crippen molar-refractivity contribution >= 4 is 41.0 Å². The Morgan fingerprint density at radius 3 is 2.47 bits per heavy atom. The second-order valence-electron chi connectivity index (χ2n) is 18.9. The Balaban J connectivity index is 0.794. The number of nitrogens with one attached hydrogen (secondary N) is 1. The molecule has 19 nitrogen and oxygen atoms in total. The zero-order chi connectivity index (χ0) is 54.2. The first-order chi connectivity index (χ1) is 36.5. The summed E-state index contributed by atoms with van der Waals surface area (Å²) in [7, 11) is 3.22. The van der Waals surface area contributed by atoms with E-state index in [1.807, 2.05) is 61.2 Å². The molecule has 0 radical (unpaired) electrons. The van der Waals surface area contributed by atoms with Gasteiger partial charge in [-0.15, -0.1) is 0 Å². The van der Waals surface area contributed by atoms with Gasteiger partial charge in [0.05, 0.1) is 82.6 Å². The van der Waals surface area contributed by atoms with Gasteiger partial charge in [0.25, 0.3) is 5.91 Å². The summed E-state index contributed by atoms with van der Waals surface area (Å²) in [6.07, 6.45) is 0.704. The minimum absolute atomic E-state index is 0.0207. The van der Waals surface area contributed by atoms with Crippen LogP contribution >= 0.6 is 11.6 Å². The number of carbonyl (C=O) groups is 3. The quantitative estimate of drug-likeness (QED) is 0.0818. The highest BCUT2D eigenvalue weighted by molar-refractivity contribution is 6.30. The number of amidine groups is 1. The fourth-order valence-corrected chi connectivity index (χ4v) is 9.60. The number of carbonyl (C=O) groups excluding carboxylic acids is 3. The number of methoxy groups -OCH3 is 1. The van der Waals surface area contributed by atoms with Gasteiger partial charge in [-0.25, -0.2) is 9.37 Å². The summed E-state index contributed by atoms with van der Waals surface area (Å²) in [5, 5.41) is 18.3. The highest BCUT2D eigenvalue weighted by Gasteiger charge is 2.40. The van der Waals surface area contributed by atoms with Crippen LogP contribution in [0.3, 0.4) is 0 Å². The van der Waals surface area contributed by atoms with Crippen LogP contribution in [0.1, 0.15) is 84.7 Å². The SMILES string of the molecule is C=C(N1CCN(CCOCCOCCC(=O)NCCn2nc(C#N)c3c2CN(C)C(=O)c2ccc(F)cc2[C@@H](C)Oc2cc-3cnc2N)C(=O)C1)N1C(c2ccc(OC)cc2OC(C)C)=N[C@H](c2ccc(Cl)cc2)[C@@H]1C. The number of amides is 3. The first kappa shape index (κ1) is 54.5. The number of benzene rings is 3. The summed E-state index contributed by atoms with van der Waals surface area (Å²) in [5.74, 6) is 1.64. The van der Waals surface area contributed by atoms with Crippen LogP contribution in [0.5, 0.6) is 17.2 Å². The van der Waals surface area contributed by atoms with Crippen molar-refractivity contribution in [3.05, 3.63) is 130 Å². The highest BCUT2D eigenvalue weighted by Crippen LogP contribution is 2.40. The van der Waals surface area contributed by atoms with Gasteiger partial charge < -0.3 is 54.3 Å². The number of nitrogens with two attached hydrogens (primary N) is 1. The molecule has 0 aliphatic carbocycles. The number of rotatable bonds is 19. The zero-order valence-corrected chi connectivity index (χ0v) is 44.3. The van der Waals surface area contributed by atoms with Crippen LogP contribution in [-0.2, 0) is 32.2 Å². The van der Waals surface area contributed by atoms with E-state index in [9.17, 15) is 24.0 Å². The Labute approximate surface area is 446 Å². The molecule has 21 heteroatoms. The molecular weight excluding hydrogens is 997 g/mol. The lowest BCUT2D eigenvalue weighted by atomic mass is 10.00. The monoisotopic (exact) mass is 1060 g/mol. The second kappa shape index (κ2) is 24.3. The van der Waals surface area contributed by atoms with Crippen LogP contribution in [0.2, 0.25) is 5.02 Å². The highest BCUT2D eigenvalue weighted by atomic mass is 35.5. The Bertz CT molecular complexity index is 3030. The number of aliphatic imine (C=N–C) groups is 1. The van der Waals surface area contributed by atoms with Gasteiger partial charge in [-0.2, -0.15) is 10.4 Å². The molecule has 0 saturated carbocycles. The number of halogens is 2. The van der Waals surface area contributed by atoms with Gasteiger partial charge in [0, 0.05) is 79.2 Å². The molecule has 3 amide bonds. The third kappa shape index (κ3) is 12.3. The minimum atomic E-state index is -0.770. The van der Waals surface area contributed by atoms with Gasteiger partial charge in [-0.05, 0) is 81.8 Å². The van der Waals surface area contributed by atoms with Gasteiger partial charge >= 0.3 is 0 Å². The van der Waals surface area contributed by atoms with Crippen molar-refractivity contribution < 1.29 is 42.5 Å². The molecule has 5 aromatic rings. The fraction of sp³-hybridized carbons (Fsp3) is 0.400. The van der Waals surface area contributed by atoms with E-state index < -0.39 is 17.8 Å². The molecule has 8 rings (SSSR count). The predicted molar refractivity (Wildman–Crippen MR) is 283 cm³/mol. The Morgan fingerprint density at radius 1 is 1.00 bits per heavy atom. The van der Waals surface area contributed by atoms with Crippen molar-refractivity contribution in [3.63, 3.8) is 0 Å². The molecule has 2 aromatic heterocycles. The number of piperazine rings is 1. The Hall–Kier alpha value is -7.73. The third-order valence-corrected chi connectivity index (χ3v) is 13.6. The molecular formula is C55H63ClFN11O8. The fourth-order valence-electron chi connectivity index (χ4n) is 9.47. The molecule has 0 unspecified atom stereocenters. The van der Waals surface area contributed by atoms with Crippen molar-refractivity contribution in [1.29, 1.82) is 5.26 Å². The maximum absolute atomic E-state index is 14.5. The van der Waals surface area contributed by atoms with Gasteiger partial charge in [0.1, 0.15) is 41.1 Å². The molecule has 3 atom stereocenters. The molecule has 3 aromatic carbocycles. The Kier molecular flexibility index (Phi) is 17.4. The standard InChI is InChI=1S/C55H63ClFN11O8/c1-33(2)75-47-28-41(72-7)13-15-43(47)54-62-52(37-8-10-39(56)11-9-37)34(3)68(54)36(5)66-20-19-65(50(70)32-66)21-23-74-25-24-73-22-16-49(69)60-17-18-67-46-31-64(6)55(71)42-14-12-40(57)27-44(42)35(4)76-48-26-38(30-61-53(48)59)51(46)45(29-58)63-67/h8-15,26-28,30,33-35,52H,5,16-25,31-32H2,1-4,6-7H3,(H2,59,61)(H,60,69)/t34-,35+,52-/m0/s1. The molecule has 1 fully saturated rings. The van der Waals surface area contributed by atoms with Crippen LogP contribution in [0.15, 0.2) is 90.3 Å². The number of aromatic nitrogens is 3. The molecule has 76 heavy (non-hydrogen) atoms. The van der Waals surface area contributed by atoms with Gasteiger partial charge in [0.2, 0.25) is 11.8 Å². The van der Waals surface area contributed by atoms with Crippen molar-refractivity contribution in [1.82, 2.24) is 39.7 Å². The van der Waals surface area contributed by atoms with Crippen LogP contribution in [0.25, 0.3) is 11.1 Å². The summed E-state index contributed by atoms with van der Waals surface area (Å²) < 4.78 is 45.5. The number of nitrogens with zero attached hydrogens (tertiary/aromatic N) is 9. The van der Waals surface area contributed by atoms with E-state index in [1.54, 1.807) is 36.7 Å². The maximum Gasteiger partial charge on any atom is 0.254 e. The van der Waals surface area contributed by atoms with Crippen molar-refractivity contribution in [2.75, 3.05) is 79.0 Å². The molecule has 3 aliphatic heterocycles. The predicted octanol–water partition coefficient (Wildman–Crippen LogP) is 6.76. The van der Waals surface area contributed by atoms with Gasteiger partial charge in [-0.3, -0.25) is 24.1 Å². The average molecular weight is 1060 g/mol. The number of hydrogen-bond acceptors (Lipinski definition) is 15. The number of anilines is 1. The summed E-state index contributed by atoms with van der Waals surface area (Å²) in [6, 6.07) is 20.6. The lowest BCUT2D eigenvalue weighted by Crippen LogP contribution is -2.53. The number of ether oxygens (including phenoxy) is 5. The number of pyridine rings is 1. The zero-order valence-electron chi connectivity index (χ0n) is 43.6. The minimum Gasteiger partial charge on any atom is -0.497 e. The molecule has 400 valence electrons.